The van der Waals surface area contributed by atoms with Gasteiger partial charge in [-0.2, -0.15) is 0 Å². The van der Waals surface area contributed by atoms with Crippen molar-refractivity contribution in [2.45, 2.75) is 13.0 Å². The van der Waals surface area contributed by atoms with E-state index in [9.17, 15) is 9.59 Å². The van der Waals surface area contributed by atoms with E-state index in [1.165, 1.54) is 11.3 Å². The molecule has 0 saturated heterocycles. The average molecular weight is 633 g/mol. The summed E-state index contributed by atoms with van der Waals surface area (Å²) in [6, 6.07) is 20.1. The predicted octanol–water partition coefficient (Wildman–Crippen LogP) is 4.49. The van der Waals surface area contributed by atoms with Crippen molar-refractivity contribution in [2.24, 2.45) is 4.99 Å². The minimum absolute atomic E-state index is 0.111. The topological polar surface area (TPSA) is 82.4 Å². The third-order valence-electron chi connectivity index (χ3n) is 6.84. The summed E-state index contributed by atoms with van der Waals surface area (Å²) in [5.74, 6) is 0.630. The summed E-state index contributed by atoms with van der Waals surface area (Å²) in [6.45, 7) is 2.05. The summed E-state index contributed by atoms with van der Waals surface area (Å²) in [5.41, 5.74) is 3.83. The zero-order chi connectivity index (χ0) is 28.7. The largest absolute Gasteiger partial charge is 0.463 e. The Labute approximate surface area is 248 Å². The minimum atomic E-state index is -0.792. The van der Waals surface area contributed by atoms with E-state index in [2.05, 4.69) is 15.9 Å². The minimum Gasteiger partial charge on any atom is -0.463 e. The molecule has 2 aliphatic rings. The van der Waals surface area contributed by atoms with Crippen LogP contribution in [0.3, 0.4) is 0 Å². The number of hydrogen-bond acceptors (Lipinski definition) is 8. The Kier molecular flexibility index (Phi) is 7.27. The van der Waals surface area contributed by atoms with Crippen molar-refractivity contribution in [3.8, 4) is 11.5 Å². The highest BCUT2D eigenvalue weighted by Crippen LogP contribution is 2.40. The van der Waals surface area contributed by atoms with E-state index < -0.39 is 12.0 Å². The number of halogens is 1. The van der Waals surface area contributed by atoms with Crippen molar-refractivity contribution in [3.05, 3.63) is 113 Å². The van der Waals surface area contributed by atoms with Crippen LogP contribution in [0.5, 0.6) is 11.5 Å². The molecule has 0 amide bonds. The Balaban J connectivity index is 1.61. The van der Waals surface area contributed by atoms with Gasteiger partial charge in [0, 0.05) is 24.1 Å². The molecule has 8 nitrogen and oxygen atoms in total. The molecule has 0 fully saturated rings. The first-order valence-electron chi connectivity index (χ1n) is 13.0. The van der Waals surface area contributed by atoms with Gasteiger partial charge in [0.1, 0.15) is 0 Å². The molecule has 0 N–H and O–H groups in total. The van der Waals surface area contributed by atoms with E-state index in [1.54, 1.807) is 17.6 Å². The summed E-state index contributed by atoms with van der Waals surface area (Å²) in [5, 5.41) is 0. The SMILES string of the molecule is CCOC(=O)C1=C(c2ccccc2)N=c2s/c(=C/c3ccc(N(C)C)c(Br)c3)c(=O)n2[C@@H]1c1ccc2c(c1)OCO2. The van der Waals surface area contributed by atoms with Gasteiger partial charge in [0.15, 0.2) is 16.3 Å². The molecule has 0 saturated carbocycles. The summed E-state index contributed by atoms with van der Waals surface area (Å²) < 4.78 is 19.7. The maximum atomic E-state index is 14.1. The molecule has 0 spiro atoms. The molecule has 3 heterocycles. The number of benzene rings is 3. The molecule has 41 heavy (non-hydrogen) atoms. The van der Waals surface area contributed by atoms with Gasteiger partial charge in [-0.3, -0.25) is 9.36 Å². The predicted molar refractivity (Wildman–Crippen MR) is 162 cm³/mol. The fraction of sp³-hybridized carbons (Fsp3) is 0.194. The maximum absolute atomic E-state index is 14.1. The number of anilines is 1. The van der Waals surface area contributed by atoms with Crippen LogP contribution in [0.25, 0.3) is 11.8 Å². The fourth-order valence-corrected chi connectivity index (χ4v) is 6.72. The van der Waals surface area contributed by atoms with Crippen LogP contribution in [0, 0.1) is 0 Å². The molecule has 0 aliphatic carbocycles. The zero-order valence-electron chi connectivity index (χ0n) is 22.6. The van der Waals surface area contributed by atoms with Gasteiger partial charge in [-0.05, 0) is 64.3 Å². The Hall–Kier alpha value is -4.15. The standard InChI is InChI=1S/C31H26BrN3O5S/c1-4-38-30(37)26-27(19-8-6-5-7-9-19)33-31-35(28(26)20-11-13-23-24(16-20)40-17-39-23)29(36)25(41-31)15-18-10-12-22(34(2)3)21(32)14-18/h5-16,28H,4,17H2,1-3H3/b25-15+/t28-/m1/s1. The molecule has 2 aliphatic heterocycles. The van der Waals surface area contributed by atoms with Crippen molar-refractivity contribution in [1.82, 2.24) is 4.57 Å². The molecule has 6 rings (SSSR count). The summed E-state index contributed by atoms with van der Waals surface area (Å²) in [6.07, 6.45) is 1.85. The van der Waals surface area contributed by atoms with Crippen LogP contribution in [-0.2, 0) is 9.53 Å². The first kappa shape index (κ1) is 27.0. The second-order valence-electron chi connectivity index (χ2n) is 9.65. The van der Waals surface area contributed by atoms with Gasteiger partial charge >= 0.3 is 5.97 Å². The number of carbonyl (C=O) groups is 1. The van der Waals surface area contributed by atoms with Crippen LogP contribution < -0.4 is 29.3 Å². The van der Waals surface area contributed by atoms with Gasteiger partial charge in [-0.25, -0.2) is 9.79 Å². The zero-order valence-corrected chi connectivity index (χ0v) is 25.0. The normalized spacial score (nSPS) is 15.9. The number of rotatable bonds is 6. The maximum Gasteiger partial charge on any atom is 0.338 e. The lowest BCUT2D eigenvalue weighted by molar-refractivity contribution is -0.138. The fourth-order valence-electron chi connectivity index (χ4n) is 4.97. The van der Waals surface area contributed by atoms with Crippen molar-refractivity contribution >= 4 is 50.7 Å². The van der Waals surface area contributed by atoms with Crippen LogP contribution in [0.15, 0.2) is 86.6 Å². The van der Waals surface area contributed by atoms with Crippen LogP contribution >= 0.6 is 27.3 Å². The van der Waals surface area contributed by atoms with Crippen molar-refractivity contribution in [2.75, 3.05) is 32.4 Å². The second-order valence-corrected chi connectivity index (χ2v) is 11.5. The van der Waals surface area contributed by atoms with Gasteiger partial charge in [-0.15, -0.1) is 0 Å². The van der Waals surface area contributed by atoms with E-state index in [1.807, 2.05) is 85.7 Å². The Morgan fingerprint density at radius 2 is 1.90 bits per heavy atom. The molecule has 0 unspecified atom stereocenters. The Morgan fingerprint density at radius 1 is 1.12 bits per heavy atom. The van der Waals surface area contributed by atoms with Crippen LogP contribution in [0.4, 0.5) is 5.69 Å². The van der Waals surface area contributed by atoms with Crippen LogP contribution in [0.2, 0.25) is 0 Å². The molecule has 208 valence electrons. The number of hydrogen-bond donors (Lipinski definition) is 0. The molecule has 1 aromatic heterocycles. The number of ether oxygens (including phenoxy) is 3. The monoisotopic (exact) mass is 631 g/mol. The molecular formula is C31H26BrN3O5S. The lowest BCUT2D eigenvalue weighted by Crippen LogP contribution is -2.40. The van der Waals surface area contributed by atoms with E-state index in [0.717, 1.165) is 21.3 Å². The highest BCUT2D eigenvalue weighted by molar-refractivity contribution is 9.10. The molecule has 1 atom stereocenters. The van der Waals surface area contributed by atoms with Gasteiger partial charge in [0.25, 0.3) is 5.56 Å². The smallest absolute Gasteiger partial charge is 0.338 e. The van der Waals surface area contributed by atoms with E-state index >= 15 is 0 Å². The molecule has 0 bridgehead atoms. The molecule has 3 aromatic carbocycles. The Morgan fingerprint density at radius 3 is 2.63 bits per heavy atom. The highest BCUT2D eigenvalue weighted by atomic mass is 79.9. The molecule has 10 heteroatoms. The lowest BCUT2D eigenvalue weighted by atomic mass is 9.93. The molecule has 0 radical (unpaired) electrons. The quantitative estimate of drug-likeness (QED) is 0.292. The Bertz CT molecular complexity index is 1880. The number of fused-ring (bicyclic) bond motifs is 2. The van der Waals surface area contributed by atoms with Crippen LogP contribution in [0.1, 0.15) is 29.7 Å². The van der Waals surface area contributed by atoms with Crippen molar-refractivity contribution in [3.63, 3.8) is 0 Å². The molecular weight excluding hydrogens is 606 g/mol. The number of carbonyl (C=O) groups excluding carboxylic acids is 1. The highest BCUT2D eigenvalue weighted by Gasteiger charge is 2.36. The van der Waals surface area contributed by atoms with Gasteiger partial charge in [-0.1, -0.05) is 53.8 Å². The first-order valence-corrected chi connectivity index (χ1v) is 14.6. The third-order valence-corrected chi connectivity index (χ3v) is 8.46. The number of nitrogens with zero attached hydrogens (tertiary/aromatic N) is 3. The van der Waals surface area contributed by atoms with E-state index in [0.29, 0.717) is 32.1 Å². The number of aromatic nitrogens is 1. The summed E-state index contributed by atoms with van der Waals surface area (Å²) >= 11 is 4.92. The van der Waals surface area contributed by atoms with E-state index in [-0.39, 0.29) is 24.5 Å². The van der Waals surface area contributed by atoms with Gasteiger partial charge in [0.05, 0.1) is 34.1 Å². The van der Waals surface area contributed by atoms with Gasteiger partial charge < -0.3 is 19.1 Å². The van der Waals surface area contributed by atoms with Gasteiger partial charge in [0.2, 0.25) is 6.79 Å². The second kappa shape index (κ2) is 11.0. The summed E-state index contributed by atoms with van der Waals surface area (Å²) in [7, 11) is 3.94. The van der Waals surface area contributed by atoms with E-state index in [4.69, 9.17) is 19.2 Å². The number of esters is 1. The summed E-state index contributed by atoms with van der Waals surface area (Å²) in [4.78, 5) is 35.1. The average Bonchev–Trinajstić information content (AvgIpc) is 3.56. The number of thiazole rings is 1. The molecule has 4 aromatic rings. The lowest BCUT2D eigenvalue weighted by Gasteiger charge is -2.26. The third kappa shape index (κ3) is 4.98. The van der Waals surface area contributed by atoms with Crippen LogP contribution in [-0.4, -0.2) is 38.0 Å². The van der Waals surface area contributed by atoms with Crippen molar-refractivity contribution < 1.29 is 19.0 Å². The van der Waals surface area contributed by atoms with Crippen molar-refractivity contribution in [1.29, 1.82) is 0 Å². The first-order chi connectivity index (χ1) is 19.9.